The fourth-order valence-corrected chi connectivity index (χ4v) is 2.07. The largest absolute Gasteiger partial charge is 0.426 e. The first kappa shape index (κ1) is 17.2. The highest BCUT2D eigenvalue weighted by molar-refractivity contribution is 5.78. The summed E-state index contributed by atoms with van der Waals surface area (Å²) in [4.78, 5) is 22.8. The molecule has 1 rings (SSSR count). The van der Waals surface area contributed by atoms with Gasteiger partial charge in [0.15, 0.2) is 0 Å². The molecule has 0 aromatic heterocycles. The van der Waals surface area contributed by atoms with Crippen molar-refractivity contribution in [3.63, 3.8) is 0 Å². The Hall–Kier alpha value is -1.84. The highest BCUT2D eigenvalue weighted by Gasteiger charge is 2.20. The minimum absolute atomic E-state index is 0.392. The molecule has 1 aromatic rings. The maximum Gasteiger partial charge on any atom is 0.316 e. The van der Waals surface area contributed by atoms with E-state index in [1.54, 1.807) is 6.92 Å². The topological polar surface area (TPSA) is 52.6 Å². The van der Waals surface area contributed by atoms with E-state index in [9.17, 15) is 9.59 Å². The molecule has 4 heteroatoms. The maximum absolute atomic E-state index is 12.0. The summed E-state index contributed by atoms with van der Waals surface area (Å²) < 4.78 is 9.88. The second-order valence-corrected chi connectivity index (χ2v) is 5.68. The van der Waals surface area contributed by atoms with Gasteiger partial charge in [0, 0.05) is 13.8 Å². The van der Waals surface area contributed by atoms with Gasteiger partial charge in [0.05, 0.1) is 5.92 Å². The van der Waals surface area contributed by atoms with Crippen LogP contribution in [0.25, 0.3) is 0 Å². The van der Waals surface area contributed by atoms with Crippen molar-refractivity contribution in [3.8, 4) is 0 Å². The van der Waals surface area contributed by atoms with E-state index in [1.165, 1.54) is 19.4 Å². The van der Waals surface area contributed by atoms with Crippen LogP contribution in [0.3, 0.4) is 0 Å². The van der Waals surface area contributed by atoms with E-state index in [2.05, 4.69) is 13.8 Å². The van der Waals surface area contributed by atoms with Crippen molar-refractivity contribution < 1.29 is 19.1 Å². The lowest BCUT2D eigenvalue weighted by Gasteiger charge is -2.17. The number of hydrogen-bond donors (Lipinski definition) is 0. The molecule has 2 atom stereocenters. The normalized spacial score (nSPS) is 13.6. The molecule has 4 nitrogen and oxygen atoms in total. The van der Waals surface area contributed by atoms with Crippen LogP contribution in [-0.2, 0) is 25.5 Å². The molecule has 0 amide bonds. The van der Waals surface area contributed by atoms with E-state index >= 15 is 0 Å². The van der Waals surface area contributed by atoms with E-state index in [0.717, 1.165) is 12.0 Å². The van der Waals surface area contributed by atoms with Crippen LogP contribution < -0.4 is 0 Å². The third-order valence-corrected chi connectivity index (χ3v) is 3.09. The molecule has 0 heterocycles. The zero-order chi connectivity index (χ0) is 16.0. The Labute approximate surface area is 126 Å². The Morgan fingerprint density at radius 1 is 1.00 bits per heavy atom. The zero-order valence-corrected chi connectivity index (χ0v) is 13.4. The first-order chi connectivity index (χ1) is 9.79. The molecule has 0 saturated carbocycles. The van der Waals surface area contributed by atoms with Crippen molar-refractivity contribution >= 4 is 11.9 Å². The minimum atomic E-state index is -0.863. The molecule has 0 fully saturated rings. The Balaban J connectivity index is 2.63. The fourth-order valence-electron chi connectivity index (χ4n) is 2.07. The maximum atomic E-state index is 12.0. The van der Waals surface area contributed by atoms with Gasteiger partial charge in [-0.05, 0) is 30.4 Å². The van der Waals surface area contributed by atoms with Crippen molar-refractivity contribution in [1.29, 1.82) is 0 Å². The summed E-state index contributed by atoms with van der Waals surface area (Å²) in [6, 6.07) is 7.96. The first-order valence-corrected chi connectivity index (χ1v) is 7.26. The third kappa shape index (κ3) is 5.98. The highest BCUT2D eigenvalue weighted by Crippen LogP contribution is 2.19. The van der Waals surface area contributed by atoms with Crippen molar-refractivity contribution in [2.75, 3.05) is 0 Å². The monoisotopic (exact) mass is 292 g/mol. The SMILES string of the molecule is CC(=O)OC(C)OC(=O)[C@@H](C)c1ccc(CC(C)C)cc1. The molecule has 0 aliphatic rings. The summed E-state index contributed by atoms with van der Waals surface area (Å²) in [5, 5.41) is 0. The lowest BCUT2D eigenvalue weighted by molar-refractivity contribution is -0.183. The van der Waals surface area contributed by atoms with Crippen molar-refractivity contribution in [2.24, 2.45) is 5.92 Å². The molecule has 0 bridgehead atoms. The van der Waals surface area contributed by atoms with Gasteiger partial charge in [-0.15, -0.1) is 0 Å². The summed E-state index contributed by atoms with van der Waals surface area (Å²) in [5.41, 5.74) is 2.14. The number of ether oxygens (including phenoxy) is 2. The molecule has 0 aliphatic heterocycles. The van der Waals surface area contributed by atoms with Gasteiger partial charge < -0.3 is 9.47 Å². The highest BCUT2D eigenvalue weighted by atomic mass is 16.7. The molecule has 0 radical (unpaired) electrons. The second kappa shape index (κ2) is 7.81. The number of carbonyl (C=O) groups is 2. The van der Waals surface area contributed by atoms with Crippen LogP contribution in [-0.4, -0.2) is 18.2 Å². The molecule has 0 N–H and O–H groups in total. The quantitative estimate of drug-likeness (QED) is 0.595. The lowest BCUT2D eigenvalue weighted by Crippen LogP contribution is -2.23. The number of esters is 2. The van der Waals surface area contributed by atoms with Crippen LogP contribution in [0.5, 0.6) is 0 Å². The average molecular weight is 292 g/mol. The van der Waals surface area contributed by atoms with Crippen LogP contribution in [0.1, 0.15) is 51.7 Å². The van der Waals surface area contributed by atoms with Crippen LogP contribution in [0.2, 0.25) is 0 Å². The van der Waals surface area contributed by atoms with Crippen molar-refractivity contribution in [2.45, 2.75) is 53.2 Å². The molecule has 21 heavy (non-hydrogen) atoms. The van der Waals surface area contributed by atoms with Gasteiger partial charge in [-0.25, -0.2) is 0 Å². The van der Waals surface area contributed by atoms with Gasteiger partial charge in [-0.2, -0.15) is 0 Å². The molecule has 0 aliphatic carbocycles. The number of hydrogen-bond acceptors (Lipinski definition) is 4. The van der Waals surface area contributed by atoms with Crippen molar-refractivity contribution in [1.82, 2.24) is 0 Å². The van der Waals surface area contributed by atoms with Crippen LogP contribution in [0.4, 0.5) is 0 Å². The minimum Gasteiger partial charge on any atom is -0.426 e. The Morgan fingerprint density at radius 3 is 2.05 bits per heavy atom. The summed E-state index contributed by atoms with van der Waals surface area (Å²) >= 11 is 0. The number of carbonyl (C=O) groups excluding carboxylic acids is 2. The Kier molecular flexibility index (Phi) is 6.40. The van der Waals surface area contributed by atoms with E-state index < -0.39 is 24.1 Å². The van der Waals surface area contributed by atoms with E-state index in [0.29, 0.717) is 5.92 Å². The molecule has 0 spiro atoms. The van der Waals surface area contributed by atoms with Gasteiger partial charge in [-0.3, -0.25) is 9.59 Å². The Bertz CT molecular complexity index is 476. The van der Waals surface area contributed by atoms with Gasteiger partial charge in [0.2, 0.25) is 6.29 Å². The lowest BCUT2D eigenvalue weighted by atomic mass is 9.97. The number of rotatable bonds is 6. The standard InChI is InChI=1S/C17H24O4/c1-11(2)10-15-6-8-16(9-7-15)12(3)17(19)21-14(5)20-13(4)18/h6-9,11-12,14H,10H2,1-5H3/t12-,14?/m0/s1. The molecule has 1 aromatic carbocycles. The van der Waals surface area contributed by atoms with Gasteiger partial charge in [-0.1, -0.05) is 38.1 Å². The average Bonchev–Trinajstić information content (AvgIpc) is 2.36. The molecule has 1 unspecified atom stereocenters. The second-order valence-electron chi connectivity index (χ2n) is 5.68. The summed E-state index contributed by atoms with van der Waals surface area (Å²) in [6.45, 7) is 8.92. The van der Waals surface area contributed by atoms with E-state index in [1.807, 2.05) is 24.3 Å². The molecule has 0 saturated heterocycles. The van der Waals surface area contributed by atoms with E-state index in [-0.39, 0.29) is 0 Å². The fraction of sp³-hybridized carbons (Fsp3) is 0.529. The van der Waals surface area contributed by atoms with Crippen molar-refractivity contribution in [3.05, 3.63) is 35.4 Å². The van der Waals surface area contributed by atoms with Gasteiger partial charge in [0.25, 0.3) is 0 Å². The van der Waals surface area contributed by atoms with Crippen LogP contribution in [0, 0.1) is 5.92 Å². The molecule has 116 valence electrons. The predicted octanol–water partition coefficient (Wildman–Crippen LogP) is 3.44. The van der Waals surface area contributed by atoms with Crippen LogP contribution in [0.15, 0.2) is 24.3 Å². The van der Waals surface area contributed by atoms with Crippen LogP contribution >= 0.6 is 0 Å². The smallest absolute Gasteiger partial charge is 0.316 e. The number of benzene rings is 1. The molecular weight excluding hydrogens is 268 g/mol. The summed E-state index contributed by atoms with van der Waals surface area (Å²) in [7, 11) is 0. The summed E-state index contributed by atoms with van der Waals surface area (Å²) in [5.74, 6) is -0.666. The predicted molar refractivity (Wildman–Crippen MR) is 80.7 cm³/mol. The zero-order valence-electron chi connectivity index (χ0n) is 13.4. The Morgan fingerprint density at radius 2 is 1.57 bits per heavy atom. The van der Waals surface area contributed by atoms with Gasteiger partial charge >= 0.3 is 11.9 Å². The third-order valence-electron chi connectivity index (χ3n) is 3.09. The van der Waals surface area contributed by atoms with Gasteiger partial charge in [0.1, 0.15) is 0 Å². The van der Waals surface area contributed by atoms with E-state index in [4.69, 9.17) is 9.47 Å². The summed E-state index contributed by atoms with van der Waals surface area (Å²) in [6.07, 6.45) is 0.153. The first-order valence-electron chi connectivity index (χ1n) is 7.26. The molecular formula is C17H24O4.